The first-order chi connectivity index (χ1) is 6.25. The number of carbonyl (C=O) groups is 2. The van der Waals surface area contributed by atoms with Crippen LogP contribution in [0.2, 0.25) is 0 Å². The molecule has 0 saturated heterocycles. The summed E-state index contributed by atoms with van der Waals surface area (Å²) in [7, 11) is 0. The van der Waals surface area contributed by atoms with Crippen LogP contribution in [-0.4, -0.2) is 28.9 Å². The molecule has 1 rings (SSSR count). The molecule has 0 amide bonds. The average molecular weight is 180 g/mol. The molecular formula is C8H8N2O3. The molecule has 2 N–H and O–H groups in total. The summed E-state index contributed by atoms with van der Waals surface area (Å²) in [6.45, 7) is 0.0529. The Balaban J connectivity index is 2.90. The normalized spacial score (nSPS) is 9.23. The van der Waals surface area contributed by atoms with E-state index in [1.165, 1.54) is 18.3 Å². The Morgan fingerprint density at radius 3 is 3.08 bits per heavy atom. The third-order valence-electron chi connectivity index (χ3n) is 1.39. The van der Waals surface area contributed by atoms with Gasteiger partial charge in [-0.05, 0) is 12.1 Å². The molecule has 0 radical (unpaired) electrons. The molecule has 0 aliphatic carbocycles. The number of hydrogen-bond donors (Lipinski definition) is 2. The Kier molecular flexibility index (Phi) is 2.97. The molecule has 5 heteroatoms. The molecule has 0 atom stereocenters. The number of pyridine rings is 1. The Labute approximate surface area is 74.4 Å². The van der Waals surface area contributed by atoms with Gasteiger partial charge in [0.05, 0.1) is 6.54 Å². The zero-order chi connectivity index (χ0) is 9.68. The summed E-state index contributed by atoms with van der Waals surface area (Å²) in [6.07, 6.45) is 2.10. The molecule has 0 bridgehead atoms. The van der Waals surface area contributed by atoms with Crippen LogP contribution >= 0.6 is 0 Å². The van der Waals surface area contributed by atoms with E-state index < -0.39 is 5.97 Å². The lowest BCUT2D eigenvalue weighted by Gasteiger charge is -2.03. The summed E-state index contributed by atoms with van der Waals surface area (Å²) in [5, 5.41) is 11.3. The van der Waals surface area contributed by atoms with Crippen LogP contribution in [-0.2, 0) is 4.79 Å². The van der Waals surface area contributed by atoms with Crippen molar-refractivity contribution >= 4 is 18.1 Å². The summed E-state index contributed by atoms with van der Waals surface area (Å²) in [5.74, 6) is -0.858. The average Bonchev–Trinajstić information content (AvgIpc) is 2.15. The minimum Gasteiger partial charge on any atom is -0.478 e. The van der Waals surface area contributed by atoms with Crippen LogP contribution < -0.4 is 5.32 Å². The van der Waals surface area contributed by atoms with Crippen LogP contribution in [0.25, 0.3) is 0 Å². The number of rotatable bonds is 4. The van der Waals surface area contributed by atoms with Crippen molar-refractivity contribution < 1.29 is 14.7 Å². The quantitative estimate of drug-likeness (QED) is 0.655. The van der Waals surface area contributed by atoms with Gasteiger partial charge in [0.1, 0.15) is 17.7 Å². The maximum atomic E-state index is 10.6. The molecule has 13 heavy (non-hydrogen) atoms. The largest absolute Gasteiger partial charge is 0.478 e. The van der Waals surface area contributed by atoms with Crippen molar-refractivity contribution in [1.29, 1.82) is 0 Å². The van der Waals surface area contributed by atoms with Crippen molar-refractivity contribution in [3.05, 3.63) is 23.9 Å². The van der Waals surface area contributed by atoms with Crippen molar-refractivity contribution in [1.82, 2.24) is 4.98 Å². The SMILES string of the molecule is O=CCNc1ncccc1C(=O)O. The van der Waals surface area contributed by atoms with Gasteiger partial charge in [-0.2, -0.15) is 0 Å². The highest BCUT2D eigenvalue weighted by Gasteiger charge is 2.08. The van der Waals surface area contributed by atoms with E-state index in [0.29, 0.717) is 6.29 Å². The van der Waals surface area contributed by atoms with E-state index in [2.05, 4.69) is 10.3 Å². The van der Waals surface area contributed by atoms with E-state index in [4.69, 9.17) is 5.11 Å². The number of nitrogens with zero attached hydrogens (tertiary/aromatic N) is 1. The van der Waals surface area contributed by atoms with Crippen LogP contribution in [0.4, 0.5) is 5.82 Å². The topological polar surface area (TPSA) is 79.3 Å². The summed E-state index contributed by atoms with van der Waals surface area (Å²) >= 11 is 0. The molecule has 5 nitrogen and oxygen atoms in total. The van der Waals surface area contributed by atoms with Gasteiger partial charge in [-0.15, -0.1) is 0 Å². The smallest absolute Gasteiger partial charge is 0.339 e. The van der Waals surface area contributed by atoms with Gasteiger partial charge in [-0.1, -0.05) is 0 Å². The molecule has 0 unspecified atom stereocenters. The Bertz CT molecular complexity index is 325. The molecule has 68 valence electrons. The van der Waals surface area contributed by atoms with Crippen LogP contribution in [0.1, 0.15) is 10.4 Å². The summed E-state index contributed by atoms with van der Waals surface area (Å²) in [4.78, 5) is 24.4. The standard InChI is InChI=1S/C8H8N2O3/c11-5-4-10-7-6(8(12)13)2-1-3-9-7/h1-3,5H,4H2,(H,9,10)(H,12,13). The van der Waals surface area contributed by atoms with Crippen molar-refractivity contribution in [2.24, 2.45) is 0 Å². The third-order valence-corrected chi connectivity index (χ3v) is 1.39. The molecule has 0 fully saturated rings. The van der Waals surface area contributed by atoms with Gasteiger partial charge in [0.25, 0.3) is 0 Å². The van der Waals surface area contributed by atoms with E-state index in [0.717, 1.165) is 0 Å². The summed E-state index contributed by atoms with van der Waals surface area (Å²) in [6, 6.07) is 2.94. The molecule has 0 saturated carbocycles. The number of aromatic carboxylic acids is 1. The first kappa shape index (κ1) is 9.18. The fourth-order valence-corrected chi connectivity index (χ4v) is 0.857. The first-order valence-corrected chi connectivity index (χ1v) is 3.61. The van der Waals surface area contributed by atoms with Gasteiger partial charge in [0.2, 0.25) is 0 Å². The third kappa shape index (κ3) is 2.26. The number of aromatic nitrogens is 1. The van der Waals surface area contributed by atoms with Crippen molar-refractivity contribution in [2.45, 2.75) is 0 Å². The van der Waals surface area contributed by atoms with Crippen LogP contribution in [0, 0.1) is 0 Å². The predicted octanol–water partition coefficient (Wildman–Crippen LogP) is 0.391. The zero-order valence-electron chi connectivity index (χ0n) is 6.73. The van der Waals surface area contributed by atoms with Gasteiger partial charge in [-0.25, -0.2) is 9.78 Å². The number of carboxylic acids is 1. The Hall–Kier alpha value is -1.91. The Morgan fingerprint density at radius 2 is 2.46 bits per heavy atom. The minimum absolute atomic E-state index is 0.0529. The van der Waals surface area contributed by atoms with Crippen molar-refractivity contribution in [3.63, 3.8) is 0 Å². The Morgan fingerprint density at radius 1 is 1.69 bits per heavy atom. The summed E-state index contributed by atoms with van der Waals surface area (Å²) in [5.41, 5.74) is 0.0596. The molecule has 0 aliphatic rings. The second kappa shape index (κ2) is 4.20. The van der Waals surface area contributed by atoms with Gasteiger partial charge >= 0.3 is 5.97 Å². The summed E-state index contributed by atoms with van der Waals surface area (Å²) < 4.78 is 0. The number of carboxylic acid groups (broad SMARTS) is 1. The lowest BCUT2D eigenvalue weighted by atomic mass is 10.2. The number of anilines is 1. The monoisotopic (exact) mass is 180 g/mol. The van der Waals surface area contributed by atoms with Crippen LogP contribution in [0.3, 0.4) is 0 Å². The second-order valence-corrected chi connectivity index (χ2v) is 2.25. The predicted molar refractivity (Wildman–Crippen MR) is 45.8 cm³/mol. The lowest BCUT2D eigenvalue weighted by Crippen LogP contribution is -2.09. The first-order valence-electron chi connectivity index (χ1n) is 3.61. The van der Waals surface area contributed by atoms with E-state index in [9.17, 15) is 9.59 Å². The minimum atomic E-state index is -1.07. The van der Waals surface area contributed by atoms with E-state index in [1.807, 2.05) is 0 Å². The highest BCUT2D eigenvalue weighted by Crippen LogP contribution is 2.09. The molecule has 1 heterocycles. The lowest BCUT2D eigenvalue weighted by molar-refractivity contribution is -0.106. The van der Waals surface area contributed by atoms with E-state index in [-0.39, 0.29) is 17.9 Å². The molecule has 0 aliphatic heterocycles. The van der Waals surface area contributed by atoms with E-state index >= 15 is 0 Å². The van der Waals surface area contributed by atoms with Crippen molar-refractivity contribution in [3.8, 4) is 0 Å². The fraction of sp³-hybridized carbons (Fsp3) is 0.125. The molecule has 0 spiro atoms. The molecule has 1 aromatic heterocycles. The van der Waals surface area contributed by atoms with Gasteiger partial charge in [0.15, 0.2) is 0 Å². The fourth-order valence-electron chi connectivity index (χ4n) is 0.857. The maximum absolute atomic E-state index is 10.6. The second-order valence-electron chi connectivity index (χ2n) is 2.25. The number of hydrogen-bond acceptors (Lipinski definition) is 4. The molecular weight excluding hydrogens is 172 g/mol. The number of carbonyl (C=O) groups excluding carboxylic acids is 1. The van der Waals surface area contributed by atoms with Gasteiger partial charge in [0, 0.05) is 6.20 Å². The van der Waals surface area contributed by atoms with Crippen LogP contribution in [0.15, 0.2) is 18.3 Å². The van der Waals surface area contributed by atoms with Crippen molar-refractivity contribution in [2.75, 3.05) is 11.9 Å². The highest BCUT2D eigenvalue weighted by molar-refractivity contribution is 5.93. The highest BCUT2D eigenvalue weighted by atomic mass is 16.4. The number of aldehydes is 1. The van der Waals surface area contributed by atoms with E-state index in [1.54, 1.807) is 0 Å². The molecule has 1 aromatic rings. The molecule has 0 aromatic carbocycles. The van der Waals surface area contributed by atoms with Gasteiger partial charge < -0.3 is 15.2 Å². The number of nitrogens with one attached hydrogen (secondary N) is 1. The van der Waals surface area contributed by atoms with Gasteiger partial charge in [-0.3, -0.25) is 0 Å². The maximum Gasteiger partial charge on any atom is 0.339 e. The van der Waals surface area contributed by atoms with Crippen LogP contribution in [0.5, 0.6) is 0 Å². The zero-order valence-corrected chi connectivity index (χ0v) is 6.73.